The first kappa shape index (κ1) is 23.3. The molecule has 2 aromatic rings. The molecule has 4 rings (SSSR count). The SMILES string of the molecule is CC(C)c1ccc(S(=O)(=O)N2CCN(C(=O)COc3ccc4c(c3)CCC(=O)N4)CC2)cc1. The van der Waals surface area contributed by atoms with Crippen LogP contribution < -0.4 is 10.1 Å². The van der Waals surface area contributed by atoms with Crippen molar-refractivity contribution in [2.24, 2.45) is 0 Å². The molecule has 2 aromatic carbocycles. The Labute approximate surface area is 194 Å². The van der Waals surface area contributed by atoms with Crippen molar-refractivity contribution in [3.8, 4) is 5.75 Å². The highest BCUT2D eigenvalue weighted by atomic mass is 32.2. The van der Waals surface area contributed by atoms with Crippen LogP contribution in [0.2, 0.25) is 0 Å². The fourth-order valence-electron chi connectivity index (χ4n) is 4.04. The van der Waals surface area contributed by atoms with Crippen LogP contribution in [0.25, 0.3) is 0 Å². The lowest BCUT2D eigenvalue weighted by molar-refractivity contribution is -0.134. The third-order valence-electron chi connectivity index (χ3n) is 6.11. The normalized spacial score (nSPS) is 16.9. The second-order valence-electron chi connectivity index (χ2n) is 8.66. The summed E-state index contributed by atoms with van der Waals surface area (Å²) in [6, 6.07) is 12.4. The van der Waals surface area contributed by atoms with Crippen molar-refractivity contribution in [1.82, 2.24) is 9.21 Å². The Morgan fingerprint density at radius 3 is 2.39 bits per heavy atom. The van der Waals surface area contributed by atoms with E-state index in [-0.39, 0.29) is 36.4 Å². The van der Waals surface area contributed by atoms with Gasteiger partial charge in [-0.3, -0.25) is 9.59 Å². The van der Waals surface area contributed by atoms with Crippen LogP contribution in [0.1, 0.15) is 37.3 Å². The number of anilines is 1. The first-order valence-corrected chi connectivity index (χ1v) is 12.6. The number of carbonyl (C=O) groups is 2. The van der Waals surface area contributed by atoms with Gasteiger partial charge >= 0.3 is 0 Å². The van der Waals surface area contributed by atoms with Gasteiger partial charge in [-0.1, -0.05) is 26.0 Å². The molecule has 2 amide bonds. The molecule has 9 heteroatoms. The number of piperazine rings is 1. The van der Waals surface area contributed by atoms with E-state index in [4.69, 9.17) is 4.74 Å². The topological polar surface area (TPSA) is 96.0 Å². The van der Waals surface area contributed by atoms with Crippen molar-refractivity contribution in [1.29, 1.82) is 0 Å². The molecule has 33 heavy (non-hydrogen) atoms. The maximum atomic E-state index is 13.0. The van der Waals surface area contributed by atoms with Crippen molar-refractivity contribution in [2.45, 2.75) is 37.5 Å². The lowest BCUT2D eigenvalue weighted by atomic mass is 10.0. The summed E-state index contributed by atoms with van der Waals surface area (Å²) in [5.74, 6) is 0.726. The van der Waals surface area contributed by atoms with Crippen LogP contribution in [0.4, 0.5) is 5.69 Å². The summed E-state index contributed by atoms with van der Waals surface area (Å²) in [5, 5.41) is 2.82. The fourth-order valence-corrected chi connectivity index (χ4v) is 5.46. The lowest BCUT2D eigenvalue weighted by Gasteiger charge is -2.34. The van der Waals surface area contributed by atoms with E-state index in [1.54, 1.807) is 29.2 Å². The first-order valence-electron chi connectivity index (χ1n) is 11.2. The number of sulfonamides is 1. The maximum absolute atomic E-state index is 13.0. The van der Waals surface area contributed by atoms with Gasteiger partial charge in [0.1, 0.15) is 5.75 Å². The van der Waals surface area contributed by atoms with E-state index in [9.17, 15) is 18.0 Å². The van der Waals surface area contributed by atoms with Gasteiger partial charge in [-0.05, 0) is 53.8 Å². The number of nitrogens with zero attached hydrogens (tertiary/aromatic N) is 2. The van der Waals surface area contributed by atoms with E-state index in [0.717, 1.165) is 16.8 Å². The van der Waals surface area contributed by atoms with E-state index < -0.39 is 10.0 Å². The van der Waals surface area contributed by atoms with Crippen molar-refractivity contribution in [3.63, 3.8) is 0 Å². The number of amides is 2. The highest BCUT2D eigenvalue weighted by Crippen LogP contribution is 2.27. The third-order valence-corrected chi connectivity index (χ3v) is 8.02. The Morgan fingerprint density at radius 2 is 1.73 bits per heavy atom. The summed E-state index contributed by atoms with van der Waals surface area (Å²) in [6.45, 7) is 5.15. The standard InChI is InChI=1S/C24H29N3O5S/c1-17(2)18-3-7-21(8-4-18)33(30,31)27-13-11-26(12-14-27)24(29)16-32-20-6-9-22-19(15-20)5-10-23(28)25-22/h3-4,6-9,15,17H,5,10-14,16H2,1-2H3,(H,25,28). The van der Waals surface area contributed by atoms with E-state index >= 15 is 0 Å². The van der Waals surface area contributed by atoms with Crippen molar-refractivity contribution in [3.05, 3.63) is 53.6 Å². The zero-order chi connectivity index (χ0) is 23.6. The molecule has 0 aliphatic carbocycles. The molecular formula is C24H29N3O5S. The molecule has 1 N–H and O–H groups in total. The summed E-state index contributed by atoms with van der Waals surface area (Å²) in [6.07, 6.45) is 1.08. The molecule has 0 radical (unpaired) electrons. The highest BCUT2D eigenvalue weighted by Gasteiger charge is 2.30. The van der Waals surface area contributed by atoms with Crippen LogP contribution in [0.3, 0.4) is 0 Å². The quantitative estimate of drug-likeness (QED) is 0.699. The molecule has 1 fully saturated rings. The minimum absolute atomic E-state index is 0.0000698. The zero-order valence-corrected chi connectivity index (χ0v) is 19.7. The molecule has 0 bridgehead atoms. The van der Waals surface area contributed by atoms with Crippen molar-refractivity contribution in [2.75, 3.05) is 38.1 Å². The number of benzene rings is 2. The Kier molecular flexibility index (Phi) is 6.71. The Balaban J connectivity index is 1.30. The lowest BCUT2D eigenvalue weighted by Crippen LogP contribution is -2.51. The van der Waals surface area contributed by atoms with Gasteiger partial charge in [-0.15, -0.1) is 0 Å². The predicted octanol–water partition coefficient (Wildman–Crippen LogP) is 2.61. The predicted molar refractivity (Wildman–Crippen MR) is 125 cm³/mol. The van der Waals surface area contributed by atoms with Crippen LogP contribution in [-0.4, -0.2) is 62.2 Å². The van der Waals surface area contributed by atoms with Crippen LogP contribution in [0.15, 0.2) is 47.4 Å². The van der Waals surface area contributed by atoms with E-state index in [2.05, 4.69) is 19.2 Å². The average molecular weight is 472 g/mol. The summed E-state index contributed by atoms with van der Waals surface area (Å²) >= 11 is 0. The van der Waals surface area contributed by atoms with Crippen LogP contribution in [0.5, 0.6) is 5.75 Å². The minimum Gasteiger partial charge on any atom is -0.484 e. The molecule has 8 nitrogen and oxygen atoms in total. The molecule has 2 aliphatic heterocycles. The number of aryl methyl sites for hydroxylation is 1. The van der Waals surface area contributed by atoms with Gasteiger partial charge in [-0.2, -0.15) is 4.31 Å². The summed E-state index contributed by atoms with van der Waals surface area (Å²) in [4.78, 5) is 26.0. The number of fused-ring (bicyclic) bond motifs is 1. The average Bonchev–Trinajstić information content (AvgIpc) is 2.82. The summed E-state index contributed by atoms with van der Waals surface area (Å²) in [5.41, 5.74) is 2.86. The van der Waals surface area contributed by atoms with Crippen LogP contribution in [0, 0.1) is 0 Å². The van der Waals surface area contributed by atoms with Gasteiger partial charge in [-0.25, -0.2) is 8.42 Å². The zero-order valence-electron chi connectivity index (χ0n) is 18.9. The first-order chi connectivity index (χ1) is 15.7. The monoisotopic (exact) mass is 471 g/mol. The number of hydrogen-bond acceptors (Lipinski definition) is 5. The molecule has 0 unspecified atom stereocenters. The van der Waals surface area contributed by atoms with Crippen LogP contribution >= 0.6 is 0 Å². The van der Waals surface area contributed by atoms with E-state index in [1.165, 1.54) is 4.31 Å². The van der Waals surface area contributed by atoms with Gasteiger partial charge in [0.05, 0.1) is 4.90 Å². The molecule has 2 aliphatic rings. The second-order valence-corrected chi connectivity index (χ2v) is 10.6. The molecule has 0 aromatic heterocycles. The van der Waals surface area contributed by atoms with E-state index in [1.807, 2.05) is 18.2 Å². The number of ether oxygens (including phenoxy) is 1. The Morgan fingerprint density at radius 1 is 1.03 bits per heavy atom. The highest BCUT2D eigenvalue weighted by molar-refractivity contribution is 7.89. The number of rotatable bonds is 6. The fraction of sp³-hybridized carbons (Fsp3) is 0.417. The molecule has 2 heterocycles. The molecule has 176 valence electrons. The van der Waals surface area contributed by atoms with Crippen LogP contribution in [-0.2, 0) is 26.0 Å². The van der Waals surface area contributed by atoms with E-state index in [0.29, 0.717) is 37.6 Å². The molecule has 0 spiro atoms. The summed E-state index contributed by atoms with van der Waals surface area (Å²) in [7, 11) is -3.59. The number of nitrogens with one attached hydrogen (secondary N) is 1. The minimum atomic E-state index is -3.59. The van der Waals surface area contributed by atoms with Gasteiger partial charge in [0.25, 0.3) is 5.91 Å². The third kappa shape index (κ3) is 5.20. The van der Waals surface area contributed by atoms with Crippen molar-refractivity contribution < 1.29 is 22.7 Å². The van der Waals surface area contributed by atoms with Gasteiger partial charge < -0.3 is 15.0 Å². The maximum Gasteiger partial charge on any atom is 0.260 e. The van der Waals surface area contributed by atoms with Gasteiger partial charge in [0.15, 0.2) is 6.61 Å². The number of carbonyl (C=O) groups excluding carboxylic acids is 2. The molecule has 0 saturated carbocycles. The van der Waals surface area contributed by atoms with Crippen molar-refractivity contribution >= 4 is 27.5 Å². The molecule has 1 saturated heterocycles. The Bertz CT molecular complexity index is 1140. The Hall–Kier alpha value is -2.91. The summed E-state index contributed by atoms with van der Waals surface area (Å²) < 4.78 is 33.0. The molecule has 0 atom stereocenters. The molecular weight excluding hydrogens is 442 g/mol. The largest absolute Gasteiger partial charge is 0.484 e. The second kappa shape index (κ2) is 9.52. The van der Waals surface area contributed by atoms with Gasteiger partial charge in [0, 0.05) is 38.3 Å². The smallest absolute Gasteiger partial charge is 0.260 e. The number of hydrogen-bond donors (Lipinski definition) is 1. The van der Waals surface area contributed by atoms with Gasteiger partial charge in [0.2, 0.25) is 15.9 Å².